The van der Waals surface area contributed by atoms with E-state index in [1.165, 1.54) is 0 Å². The number of hydrogen-bond acceptors (Lipinski definition) is 6. The lowest BCUT2D eigenvalue weighted by Crippen LogP contribution is -2.18. The molecule has 0 aliphatic carbocycles. The van der Waals surface area contributed by atoms with Crippen LogP contribution in [-0.2, 0) is 13.1 Å². The number of ether oxygens (including phenoxy) is 1. The van der Waals surface area contributed by atoms with E-state index in [1.54, 1.807) is 7.11 Å². The fourth-order valence-corrected chi connectivity index (χ4v) is 2.50. The number of aromatic nitrogens is 4. The van der Waals surface area contributed by atoms with Gasteiger partial charge in [-0.3, -0.25) is 4.68 Å². The van der Waals surface area contributed by atoms with Crippen molar-refractivity contribution in [2.24, 2.45) is 0 Å². The molecule has 1 atom stereocenters. The first-order valence-corrected chi connectivity index (χ1v) is 8.42. The second-order valence-corrected chi connectivity index (χ2v) is 5.90. The molecule has 7 nitrogen and oxygen atoms in total. The zero-order valence-corrected chi connectivity index (χ0v) is 14.8. The monoisotopic (exact) mass is 341 g/mol. The molecular weight excluding hydrogens is 318 g/mol. The van der Waals surface area contributed by atoms with Crippen molar-refractivity contribution in [2.75, 3.05) is 7.11 Å². The predicted octanol–water partition coefficient (Wildman–Crippen LogP) is 3.20. The molecule has 2 aromatic heterocycles. The maximum atomic E-state index is 5.40. The molecule has 1 N–H and O–H groups in total. The fraction of sp³-hybridized carbons (Fsp3) is 0.389. The molecule has 1 aromatic carbocycles. The zero-order valence-electron chi connectivity index (χ0n) is 14.8. The molecule has 0 saturated carbocycles. The minimum atomic E-state index is -0.0543. The molecule has 0 aliphatic heterocycles. The van der Waals surface area contributed by atoms with Crippen molar-refractivity contribution in [3.05, 3.63) is 48.1 Å². The second kappa shape index (κ2) is 7.94. The van der Waals surface area contributed by atoms with E-state index in [0.717, 1.165) is 29.8 Å². The molecule has 3 aromatic rings. The van der Waals surface area contributed by atoms with Crippen molar-refractivity contribution >= 4 is 0 Å². The van der Waals surface area contributed by atoms with Crippen LogP contribution in [0.15, 0.2) is 41.2 Å². The van der Waals surface area contributed by atoms with Crippen LogP contribution in [0.4, 0.5) is 0 Å². The molecule has 0 bridgehead atoms. The van der Waals surface area contributed by atoms with Crippen molar-refractivity contribution in [3.63, 3.8) is 0 Å². The van der Waals surface area contributed by atoms with Crippen LogP contribution in [-0.4, -0.2) is 27.0 Å². The van der Waals surface area contributed by atoms with Crippen molar-refractivity contribution < 1.29 is 9.26 Å². The quantitative estimate of drug-likeness (QED) is 0.678. The van der Waals surface area contributed by atoms with Crippen LogP contribution in [0.25, 0.3) is 11.4 Å². The van der Waals surface area contributed by atoms with Gasteiger partial charge in [-0.25, -0.2) is 0 Å². The Morgan fingerprint density at radius 3 is 3.04 bits per heavy atom. The third-order valence-electron chi connectivity index (χ3n) is 3.89. The first-order valence-electron chi connectivity index (χ1n) is 8.42. The highest BCUT2D eigenvalue weighted by Crippen LogP contribution is 2.22. The number of benzene rings is 1. The van der Waals surface area contributed by atoms with Crippen LogP contribution in [0.2, 0.25) is 0 Å². The van der Waals surface area contributed by atoms with Crippen molar-refractivity contribution in [2.45, 2.75) is 39.4 Å². The summed E-state index contributed by atoms with van der Waals surface area (Å²) >= 11 is 0. The minimum Gasteiger partial charge on any atom is -0.497 e. The smallest absolute Gasteiger partial charge is 0.243 e. The number of aryl methyl sites for hydroxylation is 1. The summed E-state index contributed by atoms with van der Waals surface area (Å²) in [5.41, 5.74) is 2.00. The first-order chi connectivity index (χ1) is 12.2. The number of nitrogens with zero attached hydrogens (tertiary/aromatic N) is 4. The van der Waals surface area contributed by atoms with Gasteiger partial charge in [0.1, 0.15) is 5.75 Å². The number of methoxy groups -OCH3 is 1. The van der Waals surface area contributed by atoms with Gasteiger partial charge < -0.3 is 14.6 Å². The summed E-state index contributed by atoms with van der Waals surface area (Å²) in [6.07, 6.45) is 5.00. The Hall–Kier alpha value is -2.67. The normalized spacial score (nSPS) is 12.3. The summed E-state index contributed by atoms with van der Waals surface area (Å²) in [5.74, 6) is 1.87. The highest BCUT2D eigenvalue weighted by Gasteiger charge is 2.15. The van der Waals surface area contributed by atoms with Gasteiger partial charge in [0.05, 0.1) is 19.3 Å². The van der Waals surface area contributed by atoms with Gasteiger partial charge in [-0.1, -0.05) is 24.2 Å². The Kier molecular flexibility index (Phi) is 5.45. The Balaban J connectivity index is 1.62. The maximum Gasteiger partial charge on any atom is 0.243 e. The standard InChI is InChI=1S/C18H23N5O2/c1-4-8-23-12-14(11-20-23)10-19-13(2)18-21-17(22-25-18)15-6-5-7-16(9-15)24-3/h5-7,9,11-13,19H,4,8,10H2,1-3H3. The SMILES string of the molecule is CCCn1cc(CNC(C)c2nc(-c3cccc(OC)c3)no2)cn1. The van der Waals surface area contributed by atoms with Crippen LogP contribution < -0.4 is 10.1 Å². The fourth-order valence-electron chi connectivity index (χ4n) is 2.50. The third kappa shape index (κ3) is 4.24. The van der Waals surface area contributed by atoms with E-state index < -0.39 is 0 Å². The molecular formula is C18H23N5O2. The Labute approximate surface area is 147 Å². The zero-order chi connectivity index (χ0) is 17.6. The molecule has 25 heavy (non-hydrogen) atoms. The van der Waals surface area contributed by atoms with Gasteiger partial charge in [-0.2, -0.15) is 10.1 Å². The minimum absolute atomic E-state index is 0.0543. The average Bonchev–Trinajstić information content (AvgIpc) is 3.30. The molecule has 0 aliphatic rings. The molecule has 3 rings (SSSR count). The van der Waals surface area contributed by atoms with Crippen molar-refractivity contribution in [1.82, 2.24) is 25.2 Å². The summed E-state index contributed by atoms with van der Waals surface area (Å²) in [6.45, 7) is 5.77. The predicted molar refractivity (Wildman–Crippen MR) is 94.1 cm³/mol. The average molecular weight is 341 g/mol. The van der Waals surface area contributed by atoms with Gasteiger partial charge in [0.2, 0.25) is 11.7 Å². The van der Waals surface area contributed by atoms with Crippen LogP contribution in [0.3, 0.4) is 0 Å². The Morgan fingerprint density at radius 1 is 1.36 bits per heavy atom. The first kappa shape index (κ1) is 17.2. The lowest BCUT2D eigenvalue weighted by molar-refractivity contribution is 0.339. The van der Waals surface area contributed by atoms with E-state index in [0.29, 0.717) is 18.3 Å². The molecule has 1 unspecified atom stereocenters. The second-order valence-electron chi connectivity index (χ2n) is 5.90. The molecule has 0 saturated heterocycles. The molecule has 7 heteroatoms. The van der Waals surface area contributed by atoms with Gasteiger partial charge in [0, 0.05) is 30.4 Å². The molecule has 132 valence electrons. The van der Waals surface area contributed by atoms with Crippen LogP contribution >= 0.6 is 0 Å². The summed E-state index contributed by atoms with van der Waals surface area (Å²) in [6, 6.07) is 7.54. The van der Waals surface area contributed by atoms with Crippen LogP contribution in [0, 0.1) is 0 Å². The highest BCUT2D eigenvalue weighted by atomic mass is 16.5. The molecule has 0 radical (unpaired) electrons. The van der Waals surface area contributed by atoms with E-state index in [1.807, 2.05) is 42.1 Å². The maximum absolute atomic E-state index is 5.40. The molecule has 0 spiro atoms. The largest absolute Gasteiger partial charge is 0.497 e. The lowest BCUT2D eigenvalue weighted by atomic mass is 10.2. The lowest BCUT2D eigenvalue weighted by Gasteiger charge is -2.07. The van der Waals surface area contributed by atoms with Crippen molar-refractivity contribution in [3.8, 4) is 17.1 Å². The number of rotatable bonds is 8. The molecule has 2 heterocycles. The van der Waals surface area contributed by atoms with E-state index in [4.69, 9.17) is 9.26 Å². The van der Waals surface area contributed by atoms with Gasteiger partial charge in [-0.15, -0.1) is 0 Å². The van der Waals surface area contributed by atoms with Gasteiger partial charge in [0.15, 0.2) is 0 Å². The van der Waals surface area contributed by atoms with Crippen LogP contribution in [0.5, 0.6) is 5.75 Å². The highest BCUT2D eigenvalue weighted by molar-refractivity contribution is 5.56. The number of nitrogens with one attached hydrogen (secondary N) is 1. The molecule has 0 fully saturated rings. The topological polar surface area (TPSA) is 78.0 Å². The van der Waals surface area contributed by atoms with Gasteiger partial charge in [0.25, 0.3) is 0 Å². The summed E-state index contributed by atoms with van der Waals surface area (Å²) in [4.78, 5) is 4.49. The van der Waals surface area contributed by atoms with Crippen molar-refractivity contribution in [1.29, 1.82) is 0 Å². The summed E-state index contributed by atoms with van der Waals surface area (Å²) in [7, 11) is 1.63. The Morgan fingerprint density at radius 2 is 2.24 bits per heavy atom. The van der Waals surface area contributed by atoms with Gasteiger partial charge in [-0.05, 0) is 25.5 Å². The van der Waals surface area contributed by atoms with Crippen LogP contribution in [0.1, 0.15) is 37.8 Å². The van der Waals surface area contributed by atoms with E-state index in [9.17, 15) is 0 Å². The van der Waals surface area contributed by atoms with E-state index in [2.05, 4.69) is 33.7 Å². The number of hydrogen-bond donors (Lipinski definition) is 1. The van der Waals surface area contributed by atoms with E-state index >= 15 is 0 Å². The molecule has 0 amide bonds. The van der Waals surface area contributed by atoms with E-state index in [-0.39, 0.29) is 6.04 Å². The Bertz CT molecular complexity index is 811. The van der Waals surface area contributed by atoms with Gasteiger partial charge >= 0.3 is 0 Å². The summed E-state index contributed by atoms with van der Waals surface area (Å²) in [5, 5.41) is 11.8. The summed E-state index contributed by atoms with van der Waals surface area (Å²) < 4.78 is 12.6. The third-order valence-corrected chi connectivity index (χ3v) is 3.89.